The molecule has 0 heterocycles. The van der Waals surface area contributed by atoms with Gasteiger partial charge in [0.25, 0.3) is 0 Å². The molecular weight excluding hydrogens is 212 g/mol. The fourth-order valence-electron chi connectivity index (χ4n) is 2.71. The van der Waals surface area contributed by atoms with Crippen LogP contribution in [0.5, 0.6) is 0 Å². The fraction of sp³-hybridized carbons (Fsp3) is 0.800. The summed E-state index contributed by atoms with van der Waals surface area (Å²) in [7, 11) is 0. The summed E-state index contributed by atoms with van der Waals surface area (Å²) < 4.78 is 0. The zero-order valence-corrected chi connectivity index (χ0v) is 10.9. The van der Waals surface area contributed by atoms with E-state index in [9.17, 15) is 4.79 Å². The summed E-state index contributed by atoms with van der Waals surface area (Å²) in [5.41, 5.74) is 0.361. The van der Waals surface area contributed by atoms with E-state index in [1.165, 1.54) is 51.4 Å². The number of rotatable bonds is 7. The summed E-state index contributed by atoms with van der Waals surface area (Å²) >= 11 is 0. The topological polar surface area (TPSA) is 37.3 Å². The van der Waals surface area contributed by atoms with Gasteiger partial charge in [0.15, 0.2) is 0 Å². The van der Waals surface area contributed by atoms with Gasteiger partial charge in [-0.2, -0.15) is 0 Å². The molecule has 1 aliphatic rings. The molecule has 1 N–H and O–H groups in total. The highest BCUT2D eigenvalue weighted by Crippen LogP contribution is 2.27. The third-order valence-electron chi connectivity index (χ3n) is 3.87. The molecule has 1 aliphatic carbocycles. The molecule has 1 rings (SSSR count). The Bertz CT molecular complexity index is 237. The third kappa shape index (κ3) is 6.50. The number of hydrogen-bond acceptors (Lipinski definition) is 1. The number of hydrogen-bond donors (Lipinski definition) is 1. The van der Waals surface area contributed by atoms with Gasteiger partial charge in [-0.05, 0) is 18.8 Å². The molecule has 0 spiro atoms. The molecule has 98 valence electrons. The average molecular weight is 238 g/mol. The van der Waals surface area contributed by atoms with E-state index in [-0.39, 0.29) is 0 Å². The first-order valence-corrected chi connectivity index (χ1v) is 7.11. The predicted octanol–water partition coefficient (Wildman–Crippen LogP) is 4.55. The molecule has 0 radical (unpaired) electrons. The van der Waals surface area contributed by atoms with Crippen LogP contribution < -0.4 is 0 Å². The minimum absolute atomic E-state index is 0.361. The van der Waals surface area contributed by atoms with E-state index in [1.54, 1.807) is 0 Å². The molecule has 0 aliphatic heterocycles. The van der Waals surface area contributed by atoms with E-state index in [2.05, 4.69) is 6.58 Å². The molecule has 0 amide bonds. The number of aliphatic carboxylic acids is 1. The molecule has 0 saturated heterocycles. The van der Waals surface area contributed by atoms with Crippen LogP contribution in [0.3, 0.4) is 0 Å². The molecule has 0 atom stereocenters. The molecule has 0 aromatic carbocycles. The van der Waals surface area contributed by atoms with E-state index in [0.29, 0.717) is 12.0 Å². The van der Waals surface area contributed by atoms with E-state index in [4.69, 9.17) is 5.11 Å². The van der Waals surface area contributed by atoms with Crippen LogP contribution >= 0.6 is 0 Å². The van der Waals surface area contributed by atoms with Crippen LogP contribution in [0.4, 0.5) is 0 Å². The van der Waals surface area contributed by atoms with Crippen molar-refractivity contribution in [2.75, 3.05) is 0 Å². The highest BCUT2D eigenvalue weighted by molar-refractivity contribution is 5.85. The SMILES string of the molecule is C=C(CCCCCC1CCCCCC1)C(=O)O. The van der Waals surface area contributed by atoms with Gasteiger partial charge < -0.3 is 5.11 Å². The van der Waals surface area contributed by atoms with Gasteiger partial charge in [-0.3, -0.25) is 0 Å². The largest absolute Gasteiger partial charge is 0.478 e. The van der Waals surface area contributed by atoms with Gasteiger partial charge in [-0.1, -0.05) is 64.4 Å². The van der Waals surface area contributed by atoms with Crippen LogP contribution in [0.15, 0.2) is 12.2 Å². The molecule has 2 nitrogen and oxygen atoms in total. The zero-order chi connectivity index (χ0) is 12.5. The maximum atomic E-state index is 10.5. The van der Waals surface area contributed by atoms with Crippen molar-refractivity contribution in [1.82, 2.24) is 0 Å². The first-order chi connectivity index (χ1) is 8.20. The lowest BCUT2D eigenvalue weighted by molar-refractivity contribution is -0.132. The molecule has 1 saturated carbocycles. The number of carboxylic acid groups (broad SMARTS) is 1. The Morgan fingerprint density at radius 3 is 2.29 bits per heavy atom. The maximum Gasteiger partial charge on any atom is 0.330 e. The van der Waals surface area contributed by atoms with Gasteiger partial charge in [0, 0.05) is 5.57 Å². The van der Waals surface area contributed by atoms with Crippen molar-refractivity contribution >= 4 is 5.97 Å². The average Bonchev–Trinajstić information content (AvgIpc) is 2.56. The van der Waals surface area contributed by atoms with E-state index in [1.807, 2.05) is 0 Å². The van der Waals surface area contributed by atoms with Crippen molar-refractivity contribution in [3.63, 3.8) is 0 Å². The lowest BCUT2D eigenvalue weighted by Crippen LogP contribution is -2.00. The Balaban J connectivity index is 1.99. The van der Waals surface area contributed by atoms with E-state index >= 15 is 0 Å². The van der Waals surface area contributed by atoms with Crippen molar-refractivity contribution in [2.45, 2.75) is 70.6 Å². The first-order valence-electron chi connectivity index (χ1n) is 7.11. The van der Waals surface area contributed by atoms with Crippen molar-refractivity contribution in [2.24, 2.45) is 5.92 Å². The molecule has 17 heavy (non-hydrogen) atoms. The zero-order valence-electron chi connectivity index (χ0n) is 10.9. The van der Waals surface area contributed by atoms with Crippen LogP contribution in [0.2, 0.25) is 0 Å². The first kappa shape index (κ1) is 14.3. The lowest BCUT2D eigenvalue weighted by atomic mass is 9.93. The van der Waals surface area contributed by atoms with Crippen molar-refractivity contribution in [3.8, 4) is 0 Å². The van der Waals surface area contributed by atoms with E-state index < -0.39 is 5.97 Å². The van der Waals surface area contributed by atoms with Crippen LogP contribution in [0, 0.1) is 5.92 Å². The highest BCUT2D eigenvalue weighted by Gasteiger charge is 2.11. The summed E-state index contributed by atoms with van der Waals surface area (Å²) in [4.78, 5) is 10.5. The summed E-state index contributed by atoms with van der Waals surface area (Å²) in [5.74, 6) is 0.106. The van der Waals surface area contributed by atoms with Gasteiger partial charge >= 0.3 is 5.97 Å². The lowest BCUT2D eigenvalue weighted by Gasteiger charge is -2.13. The normalized spacial score (nSPS) is 17.6. The fourth-order valence-corrected chi connectivity index (χ4v) is 2.71. The molecular formula is C15H26O2. The highest BCUT2D eigenvalue weighted by atomic mass is 16.4. The molecule has 0 bridgehead atoms. The Labute approximate surface area is 105 Å². The Morgan fingerprint density at radius 1 is 1.06 bits per heavy atom. The monoisotopic (exact) mass is 238 g/mol. The third-order valence-corrected chi connectivity index (χ3v) is 3.87. The minimum atomic E-state index is -0.839. The van der Waals surface area contributed by atoms with Crippen molar-refractivity contribution in [1.29, 1.82) is 0 Å². The van der Waals surface area contributed by atoms with Crippen molar-refractivity contribution < 1.29 is 9.90 Å². The van der Waals surface area contributed by atoms with Gasteiger partial charge in [0.2, 0.25) is 0 Å². The summed E-state index contributed by atoms with van der Waals surface area (Å²) in [6.45, 7) is 3.55. The smallest absolute Gasteiger partial charge is 0.330 e. The van der Waals surface area contributed by atoms with Gasteiger partial charge in [0.1, 0.15) is 0 Å². The number of carboxylic acids is 1. The van der Waals surface area contributed by atoms with Gasteiger partial charge in [0.05, 0.1) is 0 Å². The Kier molecular flexibility index (Phi) is 6.99. The second kappa shape index (κ2) is 8.32. The molecule has 0 aromatic rings. The maximum absolute atomic E-state index is 10.5. The number of unbranched alkanes of at least 4 members (excludes halogenated alkanes) is 2. The van der Waals surface area contributed by atoms with Crippen LogP contribution in [-0.2, 0) is 4.79 Å². The summed E-state index contributed by atoms with van der Waals surface area (Å²) in [5, 5.41) is 8.67. The molecule has 0 unspecified atom stereocenters. The summed E-state index contributed by atoms with van der Waals surface area (Å²) in [6, 6.07) is 0. The van der Waals surface area contributed by atoms with Crippen molar-refractivity contribution in [3.05, 3.63) is 12.2 Å². The molecule has 2 heteroatoms. The second-order valence-corrected chi connectivity index (χ2v) is 5.37. The van der Waals surface area contributed by atoms with Crippen LogP contribution in [0.1, 0.15) is 70.6 Å². The van der Waals surface area contributed by atoms with Crippen LogP contribution in [0.25, 0.3) is 0 Å². The standard InChI is InChI=1S/C15H26O2/c1-13(15(16)17)9-5-4-8-12-14-10-6-2-3-7-11-14/h14H,1-12H2,(H,16,17). The predicted molar refractivity (Wildman–Crippen MR) is 71.1 cm³/mol. The minimum Gasteiger partial charge on any atom is -0.478 e. The van der Waals surface area contributed by atoms with E-state index in [0.717, 1.165) is 18.8 Å². The van der Waals surface area contributed by atoms with Crippen LogP contribution in [-0.4, -0.2) is 11.1 Å². The number of carbonyl (C=O) groups is 1. The molecule has 0 aromatic heterocycles. The molecule has 1 fully saturated rings. The second-order valence-electron chi connectivity index (χ2n) is 5.37. The van der Waals surface area contributed by atoms with Gasteiger partial charge in [-0.25, -0.2) is 4.79 Å². The summed E-state index contributed by atoms with van der Waals surface area (Å²) in [6.07, 6.45) is 13.9. The Hall–Kier alpha value is -0.790. The quantitative estimate of drug-likeness (QED) is 0.401. The Morgan fingerprint density at radius 2 is 1.71 bits per heavy atom. The van der Waals surface area contributed by atoms with Gasteiger partial charge in [-0.15, -0.1) is 0 Å².